The maximum Gasteiger partial charge on any atom is 0.200 e. The molecule has 0 spiro atoms. The molecule has 1 unspecified atom stereocenters. The van der Waals surface area contributed by atoms with E-state index in [-0.39, 0.29) is 0 Å². The van der Waals surface area contributed by atoms with Crippen molar-refractivity contribution in [2.75, 3.05) is 5.32 Å². The van der Waals surface area contributed by atoms with Crippen LogP contribution in [0.25, 0.3) is 0 Å². The average molecular weight is 315 g/mol. The predicted molar refractivity (Wildman–Crippen MR) is 70.1 cm³/mol. The number of anilines is 1. The van der Waals surface area contributed by atoms with Crippen molar-refractivity contribution < 1.29 is 26.7 Å². The van der Waals surface area contributed by atoms with Crippen molar-refractivity contribution in [1.29, 1.82) is 0 Å². The van der Waals surface area contributed by atoms with Crippen LogP contribution in [0.1, 0.15) is 17.3 Å². The number of Topliss-reactive ketones (excluding diaryl/α,β-unsaturated/α-hetero) is 1. The lowest BCUT2D eigenvalue weighted by molar-refractivity contribution is 0.0964. The molecule has 2 aromatic rings. The zero-order valence-electron chi connectivity index (χ0n) is 11.3. The van der Waals surface area contributed by atoms with E-state index in [2.05, 4.69) is 5.32 Å². The molecule has 0 saturated carbocycles. The van der Waals surface area contributed by atoms with E-state index in [1.165, 1.54) is 6.92 Å². The molecule has 22 heavy (non-hydrogen) atoms. The molecular weight excluding hydrogens is 305 g/mol. The van der Waals surface area contributed by atoms with Crippen molar-refractivity contribution in [3.8, 4) is 0 Å². The van der Waals surface area contributed by atoms with Crippen molar-refractivity contribution in [1.82, 2.24) is 0 Å². The lowest BCUT2D eigenvalue weighted by Gasteiger charge is -2.15. The molecule has 0 saturated heterocycles. The Hall–Kier alpha value is -2.44. The van der Waals surface area contributed by atoms with Gasteiger partial charge in [0, 0.05) is 5.69 Å². The van der Waals surface area contributed by atoms with Gasteiger partial charge in [-0.15, -0.1) is 0 Å². The minimum Gasteiger partial charge on any atom is -0.375 e. The summed E-state index contributed by atoms with van der Waals surface area (Å²) in [6.45, 7) is 1.26. The molecule has 0 amide bonds. The van der Waals surface area contributed by atoms with Gasteiger partial charge in [-0.1, -0.05) is 18.2 Å². The number of ketones is 1. The number of para-hydroxylation sites is 1. The molecule has 1 atom stereocenters. The number of halogens is 5. The maximum absolute atomic E-state index is 13.6. The Kier molecular flexibility index (Phi) is 4.44. The molecule has 1 N–H and O–H groups in total. The second-order valence-corrected chi connectivity index (χ2v) is 4.54. The first-order valence-electron chi connectivity index (χ1n) is 6.21. The van der Waals surface area contributed by atoms with Gasteiger partial charge in [0.25, 0.3) is 0 Å². The summed E-state index contributed by atoms with van der Waals surface area (Å²) in [5.41, 5.74) is -0.987. The van der Waals surface area contributed by atoms with Gasteiger partial charge in [-0.2, -0.15) is 0 Å². The molecule has 0 heterocycles. The molecule has 116 valence electrons. The summed E-state index contributed by atoms with van der Waals surface area (Å²) < 4.78 is 66.4. The van der Waals surface area contributed by atoms with E-state index in [1.807, 2.05) is 0 Å². The highest BCUT2D eigenvalue weighted by molar-refractivity contribution is 6.01. The summed E-state index contributed by atoms with van der Waals surface area (Å²) in [5, 5.41) is 2.63. The van der Waals surface area contributed by atoms with Crippen LogP contribution in [0.5, 0.6) is 0 Å². The van der Waals surface area contributed by atoms with E-state index < -0.39 is 46.5 Å². The minimum absolute atomic E-state index is 0.465. The highest BCUT2D eigenvalue weighted by Crippen LogP contribution is 2.24. The Morgan fingerprint density at radius 3 is 1.82 bits per heavy atom. The predicted octanol–water partition coefficient (Wildman–Crippen LogP) is 4.07. The van der Waals surface area contributed by atoms with Crippen LogP contribution in [-0.4, -0.2) is 11.8 Å². The Labute approximate surface area is 122 Å². The van der Waals surface area contributed by atoms with Crippen molar-refractivity contribution >= 4 is 11.5 Å². The lowest BCUT2D eigenvalue weighted by atomic mass is 10.0. The van der Waals surface area contributed by atoms with E-state index in [4.69, 9.17) is 0 Å². The number of carbonyl (C=O) groups excluding carboxylic acids is 1. The standard InChI is InChI=1S/C15H10F5NO/c1-7(21-8-5-3-2-4-6-8)15(22)9-10(16)12(18)14(20)13(19)11(9)17/h2-7,21H,1H3. The third-order valence-electron chi connectivity index (χ3n) is 3.01. The highest BCUT2D eigenvalue weighted by Gasteiger charge is 2.31. The third-order valence-corrected chi connectivity index (χ3v) is 3.01. The van der Waals surface area contributed by atoms with Gasteiger partial charge in [0.15, 0.2) is 29.1 Å². The van der Waals surface area contributed by atoms with Gasteiger partial charge < -0.3 is 5.32 Å². The summed E-state index contributed by atoms with van der Waals surface area (Å²) >= 11 is 0. The number of hydrogen-bond donors (Lipinski definition) is 1. The van der Waals surface area contributed by atoms with Crippen molar-refractivity contribution in [3.05, 3.63) is 65.0 Å². The smallest absolute Gasteiger partial charge is 0.200 e. The van der Waals surface area contributed by atoms with Crippen LogP contribution in [0.3, 0.4) is 0 Å². The van der Waals surface area contributed by atoms with Crippen LogP contribution >= 0.6 is 0 Å². The largest absolute Gasteiger partial charge is 0.375 e. The van der Waals surface area contributed by atoms with Crippen LogP contribution in [0, 0.1) is 29.1 Å². The Bertz CT molecular complexity index is 689. The fourth-order valence-electron chi connectivity index (χ4n) is 1.89. The monoisotopic (exact) mass is 315 g/mol. The molecule has 0 bridgehead atoms. The first-order chi connectivity index (χ1) is 10.3. The van der Waals surface area contributed by atoms with E-state index in [9.17, 15) is 26.7 Å². The van der Waals surface area contributed by atoms with Gasteiger partial charge in [-0.05, 0) is 19.1 Å². The molecule has 0 radical (unpaired) electrons. The molecule has 7 heteroatoms. The van der Waals surface area contributed by atoms with Crippen molar-refractivity contribution in [2.45, 2.75) is 13.0 Å². The maximum atomic E-state index is 13.6. The number of hydrogen-bond acceptors (Lipinski definition) is 2. The second kappa shape index (κ2) is 6.13. The zero-order valence-corrected chi connectivity index (χ0v) is 11.3. The molecule has 0 aromatic heterocycles. The number of benzene rings is 2. The van der Waals surface area contributed by atoms with Crippen LogP contribution in [0.15, 0.2) is 30.3 Å². The van der Waals surface area contributed by atoms with E-state index >= 15 is 0 Å². The summed E-state index contributed by atoms with van der Waals surface area (Å²) in [6, 6.07) is 7.00. The Morgan fingerprint density at radius 2 is 1.32 bits per heavy atom. The number of carbonyl (C=O) groups is 1. The van der Waals surface area contributed by atoms with Crippen molar-refractivity contribution in [2.24, 2.45) is 0 Å². The normalized spacial score (nSPS) is 12.1. The van der Waals surface area contributed by atoms with E-state index in [0.29, 0.717) is 5.69 Å². The summed E-state index contributed by atoms with van der Waals surface area (Å²) in [5.74, 6) is -12.1. The van der Waals surface area contributed by atoms with Crippen molar-refractivity contribution in [3.63, 3.8) is 0 Å². The van der Waals surface area contributed by atoms with Gasteiger partial charge >= 0.3 is 0 Å². The Morgan fingerprint density at radius 1 is 0.864 bits per heavy atom. The Balaban J connectivity index is 2.38. The summed E-state index contributed by atoms with van der Waals surface area (Å²) in [7, 11) is 0. The number of rotatable bonds is 4. The SMILES string of the molecule is CC(Nc1ccccc1)C(=O)c1c(F)c(F)c(F)c(F)c1F. The lowest BCUT2D eigenvalue weighted by Crippen LogP contribution is -2.29. The van der Waals surface area contributed by atoms with E-state index in [0.717, 1.165) is 0 Å². The van der Waals surface area contributed by atoms with Gasteiger partial charge in [-0.3, -0.25) is 4.79 Å². The van der Waals surface area contributed by atoms with Gasteiger partial charge in [0.2, 0.25) is 5.82 Å². The van der Waals surface area contributed by atoms with Crippen LogP contribution in [0.4, 0.5) is 27.6 Å². The fourth-order valence-corrected chi connectivity index (χ4v) is 1.89. The molecule has 2 aromatic carbocycles. The molecular formula is C15H10F5NO. The highest BCUT2D eigenvalue weighted by atomic mass is 19.2. The van der Waals surface area contributed by atoms with Gasteiger partial charge in [-0.25, -0.2) is 22.0 Å². The van der Waals surface area contributed by atoms with E-state index in [1.54, 1.807) is 30.3 Å². The van der Waals surface area contributed by atoms with Crippen LogP contribution in [0.2, 0.25) is 0 Å². The first-order valence-corrected chi connectivity index (χ1v) is 6.21. The third kappa shape index (κ3) is 2.79. The topological polar surface area (TPSA) is 29.1 Å². The quantitative estimate of drug-likeness (QED) is 0.399. The van der Waals surface area contributed by atoms with Gasteiger partial charge in [0.1, 0.15) is 0 Å². The molecule has 2 rings (SSSR count). The second-order valence-electron chi connectivity index (χ2n) is 4.54. The zero-order chi connectivity index (χ0) is 16.4. The summed E-state index contributed by atoms with van der Waals surface area (Å²) in [4.78, 5) is 12.0. The summed E-state index contributed by atoms with van der Waals surface area (Å²) in [6.07, 6.45) is 0. The molecule has 0 aliphatic rings. The van der Waals surface area contributed by atoms with Crippen LogP contribution < -0.4 is 5.32 Å². The molecule has 0 aliphatic heterocycles. The number of nitrogens with one attached hydrogen (secondary N) is 1. The fraction of sp³-hybridized carbons (Fsp3) is 0.133. The minimum atomic E-state index is -2.30. The molecule has 0 fully saturated rings. The molecule has 2 nitrogen and oxygen atoms in total. The van der Waals surface area contributed by atoms with Crippen LogP contribution in [-0.2, 0) is 0 Å². The van der Waals surface area contributed by atoms with Gasteiger partial charge in [0.05, 0.1) is 11.6 Å². The average Bonchev–Trinajstić information content (AvgIpc) is 2.52. The molecule has 0 aliphatic carbocycles. The first kappa shape index (κ1) is 15.9.